The lowest BCUT2D eigenvalue weighted by molar-refractivity contribution is -0.249. The van der Waals surface area contributed by atoms with Crippen LogP contribution in [-0.4, -0.2) is 31.6 Å². The summed E-state index contributed by atoms with van der Waals surface area (Å²) in [5.74, 6) is 0. The molecule has 0 fully saturated rings. The van der Waals surface area contributed by atoms with Crippen LogP contribution in [0.15, 0.2) is 34.7 Å². The summed E-state index contributed by atoms with van der Waals surface area (Å²) in [7, 11) is -1.72. The van der Waals surface area contributed by atoms with Crippen molar-refractivity contribution in [3.8, 4) is 0 Å². The first-order chi connectivity index (χ1) is 9.84. The molecule has 0 saturated carbocycles. The summed E-state index contributed by atoms with van der Waals surface area (Å²) < 4.78 is 54.1. The van der Waals surface area contributed by atoms with E-state index in [1.807, 2.05) is 0 Å². The van der Waals surface area contributed by atoms with Gasteiger partial charge in [0, 0.05) is 6.42 Å². The van der Waals surface area contributed by atoms with Gasteiger partial charge in [0.2, 0.25) is 0 Å². The van der Waals surface area contributed by atoms with Crippen LogP contribution in [0.1, 0.15) is 39.7 Å². The lowest BCUT2D eigenvalue weighted by Crippen LogP contribution is -2.44. The van der Waals surface area contributed by atoms with Crippen molar-refractivity contribution in [2.75, 3.05) is 0 Å². The van der Waals surface area contributed by atoms with E-state index in [9.17, 15) is 22.5 Å². The molecular formula is C15H20F3NO2S. The zero-order valence-corrected chi connectivity index (χ0v) is 13.8. The number of halogens is 3. The highest BCUT2D eigenvalue weighted by Crippen LogP contribution is 2.34. The molecule has 7 heteroatoms. The van der Waals surface area contributed by atoms with E-state index in [0.717, 1.165) is 0 Å². The molecule has 0 aromatic heterocycles. The van der Waals surface area contributed by atoms with E-state index in [0.29, 0.717) is 12.5 Å². The van der Waals surface area contributed by atoms with E-state index in [4.69, 9.17) is 0 Å². The van der Waals surface area contributed by atoms with E-state index in [-0.39, 0.29) is 5.71 Å². The molecule has 1 rings (SSSR count). The molecule has 0 bridgehead atoms. The van der Waals surface area contributed by atoms with Crippen LogP contribution in [0.5, 0.6) is 0 Å². The van der Waals surface area contributed by atoms with Gasteiger partial charge in [-0.15, -0.1) is 0 Å². The van der Waals surface area contributed by atoms with E-state index in [1.165, 1.54) is 0 Å². The Morgan fingerprint density at radius 1 is 1.14 bits per heavy atom. The van der Waals surface area contributed by atoms with Gasteiger partial charge in [-0.2, -0.15) is 17.6 Å². The largest absolute Gasteiger partial charge is 0.417 e. The highest BCUT2D eigenvalue weighted by molar-refractivity contribution is 7.85. The smallest absolute Gasteiger partial charge is 0.380 e. The Hall–Kier alpha value is -1.21. The molecule has 0 aliphatic carbocycles. The van der Waals surface area contributed by atoms with Gasteiger partial charge in [-0.25, -0.2) is 4.21 Å². The number of nitrogens with zero attached hydrogens (tertiary/aromatic N) is 1. The molecule has 124 valence electrons. The molecule has 1 aromatic carbocycles. The van der Waals surface area contributed by atoms with Crippen LogP contribution >= 0.6 is 0 Å². The number of rotatable bonds is 4. The first kappa shape index (κ1) is 18.8. The monoisotopic (exact) mass is 335 g/mol. The highest BCUT2D eigenvalue weighted by atomic mass is 32.2. The second kappa shape index (κ2) is 6.50. The molecule has 3 nitrogen and oxygen atoms in total. The topological polar surface area (TPSA) is 49.7 Å². The van der Waals surface area contributed by atoms with E-state index < -0.39 is 33.9 Å². The van der Waals surface area contributed by atoms with Gasteiger partial charge in [-0.1, -0.05) is 30.3 Å². The van der Waals surface area contributed by atoms with Gasteiger partial charge in [0.1, 0.15) is 11.0 Å². The van der Waals surface area contributed by atoms with Crippen LogP contribution in [0.2, 0.25) is 0 Å². The fourth-order valence-corrected chi connectivity index (χ4v) is 2.12. The molecule has 22 heavy (non-hydrogen) atoms. The minimum Gasteiger partial charge on any atom is -0.380 e. The number of aliphatic hydroxyl groups is 1. The van der Waals surface area contributed by atoms with Crippen LogP contribution in [0.4, 0.5) is 13.2 Å². The summed E-state index contributed by atoms with van der Waals surface area (Å²) in [6, 6.07) is 8.15. The maximum atomic E-state index is 12.9. The third-order valence-corrected chi connectivity index (χ3v) is 4.38. The predicted molar refractivity (Wildman–Crippen MR) is 82.2 cm³/mol. The van der Waals surface area contributed by atoms with Crippen LogP contribution in [0.3, 0.4) is 0 Å². The minimum atomic E-state index is -4.80. The number of benzene rings is 1. The van der Waals surface area contributed by atoms with E-state index in [2.05, 4.69) is 4.40 Å². The molecular weight excluding hydrogens is 315 g/mol. The first-order valence-electron chi connectivity index (χ1n) is 6.69. The SMILES string of the molecule is CC(C)(C)S(=O)/N=C(/C[C@@](C)(O)C(F)(F)F)c1ccccc1. The van der Waals surface area contributed by atoms with Crippen LogP contribution in [0.25, 0.3) is 0 Å². The van der Waals surface area contributed by atoms with Crippen molar-refractivity contribution >= 4 is 16.7 Å². The van der Waals surface area contributed by atoms with Crippen molar-refractivity contribution in [3.63, 3.8) is 0 Å². The van der Waals surface area contributed by atoms with Crippen molar-refractivity contribution in [1.29, 1.82) is 0 Å². The van der Waals surface area contributed by atoms with Crippen LogP contribution in [-0.2, 0) is 11.0 Å². The summed E-state index contributed by atoms with van der Waals surface area (Å²) in [6.07, 6.45) is -5.56. The van der Waals surface area contributed by atoms with Gasteiger partial charge >= 0.3 is 6.18 Å². The van der Waals surface area contributed by atoms with Gasteiger partial charge < -0.3 is 5.11 Å². The van der Waals surface area contributed by atoms with E-state index >= 15 is 0 Å². The van der Waals surface area contributed by atoms with Crippen LogP contribution < -0.4 is 0 Å². The Morgan fingerprint density at radius 2 is 1.64 bits per heavy atom. The average Bonchev–Trinajstić information content (AvgIpc) is 2.36. The first-order valence-corrected chi connectivity index (χ1v) is 7.79. The lowest BCUT2D eigenvalue weighted by atomic mass is 9.94. The average molecular weight is 335 g/mol. The Morgan fingerprint density at radius 3 is 2.05 bits per heavy atom. The van der Waals surface area contributed by atoms with Gasteiger partial charge in [0.25, 0.3) is 0 Å². The van der Waals surface area contributed by atoms with Crippen molar-refractivity contribution in [2.24, 2.45) is 4.40 Å². The Kier molecular flexibility index (Phi) is 5.56. The Labute approximate surface area is 130 Å². The maximum Gasteiger partial charge on any atom is 0.417 e. The maximum absolute atomic E-state index is 12.9. The third kappa shape index (κ3) is 4.91. The van der Waals surface area contributed by atoms with Gasteiger partial charge in [-0.3, -0.25) is 0 Å². The lowest BCUT2D eigenvalue weighted by Gasteiger charge is -2.27. The molecule has 0 heterocycles. The van der Waals surface area contributed by atoms with Gasteiger partial charge in [0.05, 0.1) is 10.5 Å². The molecule has 0 amide bonds. The summed E-state index contributed by atoms with van der Waals surface area (Å²) in [5.41, 5.74) is -2.56. The summed E-state index contributed by atoms with van der Waals surface area (Å²) in [5, 5.41) is 9.69. The number of hydrogen-bond acceptors (Lipinski definition) is 2. The molecule has 0 radical (unpaired) electrons. The molecule has 0 aliphatic rings. The van der Waals surface area contributed by atoms with Crippen LogP contribution in [0, 0.1) is 0 Å². The molecule has 0 spiro atoms. The fourth-order valence-electron chi connectivity index (χ4n) is 1.48. The normalized spacial score (nSPS) is 17.9. The third-order valence-electron chi connectivity index (χ3n) is 2.95. The molecule has 1 aromatic rings. The van der Waals surface area contributed by atoms with E-state index in [1.54, 1.807) is 51.1 Å². The van der Waals surface area contributed by atoms with Crippen molar-refractivity contribution in [3.05, 3.63) is 35.9 Å². The minimum absolute atomic E-state index is 0.0313. The molecule has 1 unspecified atom stereocenters. The molecule has 1 N–H and O–H groups in total. The van der Waals surface area contributed by atoms with Crippen molar-refractivity contribution in [1.82, 2.24) is 0 Å². The highest BCUT2D eigenvalue weighted by Gasteiger charge is 2.50. The predicted octanol–water partition coefficient (Wildman–Crippen LogP) is 3.64. The summed E-state index contributed by atoms with van der Waals surface area (Å²) in [4.78, 5) is 0. The summed E-state index contributed by atoms with van der Waals surface area (Å²) >= 11 is 0. The quantitative estimate of drug-likeness (QED) is 0.854. The second-order valence-corrected chi connectivity index (χ2v) is 8.12. The van der Waals surface area contributed by atoms with Crippen molar-refractivity contribution in [2.45, 2.75) is 50.6 Å². The molecule has 0 aliphatic heterocycles. The number of alkyl halides is 3. The molecule has 2 atom stereocenters. The Balaban J connectivity index is 3.26. The second-order valence-electron chi connectivity index (χ2n) is 6.21. The number of hydrogen-bond donors (Lipinski definition) is 1. The Bertz CT molecular complexity index is 560. The fraction of sp³-hybridized carbons (Fsp3) is 0.533. The molecule has 0 saturated heterocycles. The summed E-state index contributed by atoms with van der Waals surface area (Å²) in [6.45, 7) is 5.72. The van der Waals surface area contributed by atoms with Gasteiger partial charge in [-0.05, 0) is 33.3 Å². The van der Waals surface area contributed by atoms with Gasteiger partial charge in [0.15, 0.2) is 5.60 Å². The zero-order valence-electron chi connectivity index (χ0n) is 12.9. The standard InChI is InChI=1S/C15H20F3NO2S/c1-13(2,3)22(21)19-12(11-8-6-5-7-9-11)10-14(4,20)15(16,17)18/h5-9,20H,10H2,1-4H3/b19-12-/t14-,22?/m1/s1. The van der Waals surface area contributed by atoms with Crippen molar-refractivity contribution < 1.29 is 22.5 Å². The zero-order chi connectivity index (χ0) is 17.2.